The number of phenolic OH excluding ortho intramolecular Hbond substituents is 1. The minimum atomic E-state index is 0.220. The van der Waals surface area contributed by atoms with Crippen LogP contribution in [0.4, 0.5) is 5.69 Å². The SMILES string of the molecule is CCC(CN)CC(=O)N1CCN(c2ccc(O)cc2)CC1. The number of carbonyl (C=O) groups is 1. The van der Waals surface area contributed by atoms with E-state index in [0.717, 1.165) is 38.3 Å². The van der Waals surface area contributed by atoms with Gasteiger partial charge >= 0.3 is 0 Å². The van der Waals surface area contributed by atoms with Gasteiger partial charge in [-0.3, -0.25) is 4.79 Å². The molecule has 0 bridgehead atoms. The average Bonchev–Trinajstić information content (AvgIpc) is 2.53. The fourth-order valence-electron chi connectivity index (χ4n) is 2.65. The van der Waals surface area contributed by atoms with Gasteiger partial charge in [-0.1, -0.05) is 13.3 Å². The molecule has 2 rings (SSSR count). The van der Waals surface area contributed by atoms with Gasteiger partial charge in [0.1, 0.15) is 5.75 Å². The van der Waals surface area contributed by atoms with Crippen molar-refractivity contribution in [2.75, 3.05) is 37.6 Å². The van der Waals surface area contributed by atoms with Crippen molar-refractivity contribution in [3.63, 3.8) is 0 Å². The van der Waals surface area contributed by atoms with Crippen molar-refractivity contribution in [2.24, 2.45) is 11.7 Å². The zero-order valence-corrected chi connectivity index (χ0v) is 12.7. The van der Waals surface area contributed by atoms with Gasteiger partial charge < -0.3 is 20.6 Å². The molecule has 1 unspecified atom stereocenters. The number of piperazine rings is 1. The normalized spacial score (nSPS) is 16.9. The fourth-order valence-corrected chi connectivity index (χ4v) is 2.65. The summed E-state index contributed by atoms with van der Waals surface area (Å²) < 4.78 is 0. The number of nitrogens with zero attached hydrogens (tertiary/aromatic N) is 2. The van der Waals surface area contributed by atoms with Crippen LogP contribution in [0.15, 0.2) is 24.3 Å². The quantitative estimate of drug-likeness (QED) is 0.861. The first kappa shape index (κ1) is 15.6. The summed E-state index contributed by atoms with van der Waals surface area (Å²) in [4.78, 5) is 16.4. The Bertz CT molecular complexity index is 449. The third kappa shape index (κ3) is 4.11. The first-order chi connectivity index (χ1) is 10.1. The van der Waals surface area contributed by atoms with E-state index in [9.17, 15) is 9.90 Å². The number of amides is 1. The molecule has 1 heterocycles. The van der Waals surface area contributed by atoms with E-state index in [4.69, 9.17) is 5.73 Å². The van der Waals surface area contributed by atoms with Crippen LogP contribution in [0, 0.1) is 5.92 Å². The maximum atomic E-state index is 12.2. The van der Waals surface area contributed by atoms with Crippen LogP contribution in [-0.2, 0) is 4.79 Å². The van der Waals surface area contributed by atoms with Crippen LogP contribution in [0.25, 0.3) is 0 Å². The Labute approximate surface area is 126 Å². The Morgan fingerprint density at radius 1 is 1.24 bits per heavy atom. The summed E-state index contributed by atoms with van der Waals surface area (Å²) in [6, 6.07) is 7.21. The van der Waals surface area contributed by atoms with Crippen molar-refractivity contribution >= 4 is 11.6 Å². The molecule has 1 aliphatic rings. The first-order valence-corrected chi connectivity index (χ1v) is 7.65. The Hall–Kier alpha value is -1.75. The number of anilines is 1. The lowest BCUT2D eigenvalue weighted by atomic mass is 10.0. The van der Waals surface area contributed by atoms with Crippen molar-refractivity contribution < 1.29 is 9.90 Å². The molecule has 1 atom stereocenters. The number of nitrogens with two attached hydrogens (primary N) is 1. The zero-order valence-electron chi connectivity index (χ0n) is 12.7. The molecule has 1 aromatic rings. The van der Waals surface area contributed by atoms with E-state index in [-0.39, 0.29) is 11.7 Å². The lowest BCUT2D eigenvalue weighted by Gasteiger charge is -2.36. The summed E-state index contributed by atoms with van der Waals surface area (Å²) in [6.07, 6.45) is 1.52. The van der Waals surface area contributed by atoms with Crippen LogP contribution in [0.1, 0.15) is 19.8 Å². The van der Waals surface area contributed by atoms with Crippen molar-refractivity contribution in [3.05, 3.63) is 24.3 Å². The summed E-state index contributed by atoms with van der Waals surface area (Å²) in [5.74, 6) is 0.797. The lowest BCUT2D eigenvalue weighted by Crippen LogP contribution is -2.49. The molecule has 1 fully saturated rings. The molecule has 0 aromatic heterocycles. The minimum Gasteiger partial charge on any atom is -0.508 e. The minimum absolute atomic E-state index is 0.220. The smallest absolute Gasteiger partial charge is 0.223 e. The standard InChI is InChI=1S/C16H25N3O2/c1-2-13(12-17)11-16(21)19-9-7-18(8-10-19)14-3-5-15(20)6-4-14/h3-6,13,20H,2,7-12,17H2,1H3. The molecular weight excluding hydrogens is 266 g/mol. The third-order valence-electron chi connectivity index (χ3n) is 4.22. The van der Waals surface area contributed by atoms with Crippen molar-refractivity contribution in [3.8, 4) is 5.75 Å². The Kier molecular flexibility index (Phi) is 5.44. The Balaban J connectivity index is 1.85. The first-order valence-electron chi connectivity index (χ1n) is 7.65. The van der Waals surface area contributed by atoms with E-state index in [2.05, 4.69) is 11.8 Å². The molecule has 0 saturated carbocycles. The third-order valence-corrected chi connectivity index (χ3v) is 4.22. The maximum Gasteiger partial charge on any atom is 0.223 e. The van der Waals surface area contributed by atoms with Crippen LogP contribution in [0.3, 0.4) is 0 Å². The lowest BCUT2D eigenvalue weighted by molar-refractivity contribution is -0.132. The van der Waals surface area contributed by atoms with E-state index in [1.807, 2.05) is 17.0 Å². The molecule has 5 nitrogen and oxygen atoms in total. The number of hydrogen-bond donors (Lipinski definition) is 2. The van der Waals surface area contributed by atoms with Gasteiger partial charge in [0.05, 0.1) is 0 Å². The second kappa shape index (κ2) is 7.31. The van der Waals surface area contributed by atoms with E-state index in [1.165, 1.54) is 0 Å². The highest BCUT2D eigenvalue weighted by Crippen LogP contribution is 2.20. The van der Waals surface area contributed by atoms with E-state index in [0.29, 0.717) is 18.9 Å². The van der Waals surface area contributed by atoms with Gasteiger partial charge in [0, 0.05) is 38.3 Å². The summed E-state index contributed by atoms with van der Waals surface area (Å²) in [5.41, 5.74) is 6.76. The van der Waals surface area contributed by atoms with E-state index < -0.39 is 0 Å². The molecule has 0 spiro atoms. The molecule has 5 heteroatoms. The molecule has 1 aliphatic heterocycles. The zero-order chi connectivity index (χ0) is 15.2. The van der Waals surface area contributed by atoms with Crippen LogP contribution in [0.5, 0.6) is 5.75 Å². The highest BCUT2D eigenvalue weighted by atomic mass is 16.3. The monoisotopic (exact) mass is 291 g/mol. The van der Waals surface area contributed by atoms with Crippen molar-refractivity contribution in [2.45, 2.75) is 19.8 Å². The fraction of sp³-hybridized carbons (Fsp3) is 0.562. The van der Waals surface area contributed by atoms with E-state index in [1.54, 1.807) is 12.1 Å². The number of phenols is 1. The molecule has 0 radical (unpaired) electrons. The van der Waals surface area contributed by atoms with Gasteiger partial charge in [0.2, 0.25) is 5.91 Å². The van der Waals surface area contributed by atoms with Gasteiger partial charge in [-0.25, -0.2) is 0 Å². The van der Waals surface area contributed by atoms with Gasteiger partial charge in [-0.2, -0.15) is 0 Å². The van der Waals surface area contributed by atoms with Gasteiger partial charge in [0.25, 0.3) is 0 Å². The number of aromatic hydroxyl groups is 1. The molecule has 116 valence electrons. The van der Waals surface area contributed by atoms with Gasteiger partial charge in [-0.15, -0.1) is 0 Å². The molecule has 3 N–H and O–H groups in total. The van der Waals surface area contributed by atoms with E-state index >= 15 is 0 Å². The number of hydrogen-bond acceptors (Lipinski definition) is 4. The number of benzene rings is 1. The predicted octanol–water partition coefficient (Wildman–Crippen LogP) is 1.42. The Morgan fingerprint density at radius 2 is 1.86 bits per heavy atom. The second-order valence-electron chi connectivity index (χ2n) is 5.60. The summed E-state index contributed by atoms with van der Waals surface area (Å²) in [6.45, 7) is 5.82. The molecule has 1 amide bonds. The largest absolute Gasteiger partial charge is 0.508 e. The second-order valence-corrected chi connectivity index (χ2v) is 5.60. The average molecular weight is 291 g/mol. The highest BCUT2D eigenvalue weighted by Gasteiger charge is 2.22. The number of rotatable bonds is 5. The van der Waals surface area contributed by atoms with Crippen molar-refractivity contribution in [1.29, 1.82) is 0 Å². The molecular formula is C16H25N3O2. The Morgan fingerprint density at radius 3 is 2.38 bits per heavy atom. The highest BCUT2D eigenvalue weighted by molar-refractivity contribution is 5.76. The molecule has 0 aliphatic carbocycles. The summed E-state index contributed by atoms with van der Waals surface area (Å²) >= 11 is 0. The predicted molar refractivity (Wildman–Crippen MR) is 84.4 cm³/mol. The van der Waals surface area contributed by atoms with Crippen molar-refractivity contribution in [1.82, 2.24) is 4.90 Å². The van der Waals surface area contributed by atoms with Crippen LogP contribution in [-0.4, -0.2) is 48.6 Å². The van der Waals surface area contributed by atoms with Gasteiger partial charge in [0.15, 0.2) is 0 Å². The van der Waals surface area contributed by atoms with Gasteiger partial charge in [-0.05, 0) is 36.7 Å². The molecule has 1 saturated heterocycles. The van der Waals surface area contributed by atoms with Crippen LogP contribution in [0.2, 0.25) is 0 Å². The maximum absolute atomic E-state index is 12.2. The summed E-state index contributed by atoms with van der Waals surface area (Å²) in [7, 11) is 0. The number of carbonyl (C=O) groups excluding carboxylic acids is 1. The van der Waals surface area contributed by atoms with Crippen LogP contribution < -0.4 is 10.6 Å². The molecule has 21 heavy (non-hydrogen) atoms. The summed E-state index contributed by atoms with van der Waals surface area (Å²) in [5, 5.41) is 9.32. The van der Waals surface area contributed by atoms with Crippen LogP contribution >= 0.6 is 0 Å². The topological polar surface area (TPSA) is 69.8 Å². The molecule has 1 aromatic carbocycles.